The summed E-state index contributed by atoms with van der Waals surface area (Å²) in [6.45, 7) is 0.956. The second-order valence-corrected chi connectivity index (χ2v) is 11.5. The highest BCUT2D eigenvalue weighted by Crippen LogP contribution is 2.45. The lowest BCUT2D eigenvalue weighted by molar-refractivity contribution is -0.122. The largest absolute Gasteiger partial charge is 0.489 e. The van der Waals surface area contributed by atoms with Gasteiger partial charge in [-0.1, -0.05) is 103 Å². The van der Waals surface area contributed by atoms with E-state index in [0.29, 0.717) is 26.1 Å². The van der Waals surface area contributed by atoms with Gasteiger partial charge in [0.1, 0.15) is 30.5 Å². The molecule has 0 aromatic heterocycles. The standard InChI is InChI=1S/C39H34N2O3/c42-36-24-30(32-18-7-10-21-37(32)44-26-28-14-5-2-6-15-28)23-35-38(36)39(41-34-20-9-8-19-33(34)40-35)29-16-11-17-31(22-29)43-25-27-12-3-1-4-13-27/h1-22,30,38-39,41H,23-26H2. The molecule has 44 heavy (non-hydrogen) atoms. The van der Waals surface area contributed by atoms with Crippen LogP contribution < -0.4 is 14.8 Å². The number of nitrogens with zero attached hydrogens (tertiary/aromatic N) is 1. The van der Waals surface area contributed by atoms with Crippen LogP contribution in [0.15, 0.2) is 138 Å². The maximum absolute atomic E-state index is 14.2. The van der Waals surface area contributed by atoms with E-state index in [1.165, 1.54) is 0 Å². The van der Waals surface area contributed by atoms with Gasteiger partial charge in [0.05, 0.1) is 23.3 Å². The fraction of sp³-hybridized carbons (Fsp3) is 0.179. The summed E-state index contributed by atoms with van der Waals surface area (Å²) in [7, 11) is 0. The van der Waals surface area contributed by atoms with Crippen molar-refractivity contribution in [2.45, 2.75) is 38.0 Å². The van der Waals surface area contributed by atoms with Gasteiger partial charge in [0.2, 0.25) is 0 Å². The number of para-hydroxylation sites is 3. The van der Waals surface area contributed by atoms with Crippen LogP contribution in [-0.4, -0.2) is 11.5 Å². The minimum absolute atomic E-state index is 0.0177. The Morgan fingerprint density at radius 1 is 0.682 bits per heavy atom. The lowest BCUT2D eigenvalue weighted by Crippen LogP contribution is -2.38. The van der Waals surface area contributed by atoms with Gasteiger partial charge in [-0.05, 0) is 64.9 Å². The molecule has 1 aliphatic carbocycles. The summed E-state index contributed by atoms with van der Waals surface area (Å²) in [5, 5.41) is 3.70. The lowest BCUT2D eigenvalue weighted by atomic mass is 9.72. The van der Waals surface area contributed by atoms with Gasteiger partial charge in [-0.15, -0.1) is 0 Å². The third-order valence-corrected chi connectivity index (χ3v) is 8.48. The number of carbonyl (C=O) groups excluding carboxylic acids is 1. The molecule has 2 aliphatic rings. The Hall–Kier alpha value is -5.16. The first kappa shape index (κ1) is 27.7. The van der Waals surface area contributed by atoms with Gasteiger partial charge in [-0.3, -0.25) is 9.79 Å². The minimum Gasteiger partial charge on any atom is -0.489 e. The SMILES string of the molecule is O=C1CC(c2ccccc2OCc2ccccc2)CC2=Nc3ccccc3NC(c3cccc(OCc4ccccc4)c3)C12. The summed E-state index contributed by atoms with van der Waals surface area (Å²) in [6, 6.07) is 44.3. The van der Waals surface area contributed by atoms with E-state index in [1.54, 1.807) is 0 Å². The van der Waals surface area contributed by atoms with E-state index in [0.717, 1.165) is 50.8 Å². The van der Waals surface area contributed by atoms with E-state index in [4.69, 9.17) is 14.5 Å². The first-order valence-electron chi connectivity index (χ1n) is 15.2. The number of Topliss-reactive ketones (excluding diaryl/α,β-unsaturated/α-hetero) is 1. The van der Waals surface area contributed by atoms with Crippen LogP contribution in [0, 0.1) is 5.92 Å². The van der Waals surface area contributed by atoms with Gasteiger partial charge in [-0.2, -0.15) is 0 Å². The number of hydrogen-bond acceptors (Lipinski definition) is 5. The summed E-state index contributed by atoms with van der Waals surface area (Å²) in [5.41, 5.74) is 6.95. The highest BCUT2D eigenvalue weighted by atomic mass is 16.5. The van der Waals surface area contributed by atoms with Crippen LogP contribution in [0.4, 0.5) is 11.4 Å². The van der Waals surface area contributed by atoms with Crippen molar-refractivity contribution in [2.24, 2.45) is 10.9 Å². The van der Waals surface area contributed by atoms with E-state index < -0.39 is 0 Å². The first-order chi connectivity index (χ1) is 21.7. The Morgan fingerprint density at radius 2 is 1.36 bits per heavy atom. The van der Waals surface area contributed by atoms with Crippen LogP contribution in [0.3, 0.4) is 0 Å². The van der Waals surface area contributed by atoms with Crippen LogP contribution in [-0.2, 0) is 18.0 Å². The summed E-state index contributed by atoms with van der Waals surface area (Å²) < 4.78 is 12.5. The van der Waals surface area contributed by atoms with Crippen molar-refractivity contribution in [3.8, 4) is 11.5 Å². The molecule has 5 nitrogen and oxygen atoms in total. The third kappa shape index (κ3) is 6.00. The highest BCUT2D eigenvalue weighted by Gasteiger charge is 2.42. The molecule has 0 bridgehead atoms. The number of rotatable bonds is 8. The predicted octanol–water partition coefficient (Wildman–Crippen LogP) is 8.85. The fourth-order valence-electron chi connectivity index (χ4n) is 6.32. The molecule has 0 spiro atoms. The normalized spacial score (nSPS) is 19.0. The molecule has 0 radical (unpaired) electrons. The summed E-state index contributed by atoms with van der Waals surface area (Å²) in [4.78, 5) is 19.3. The quantitative estimate of drug-likeness (QED) is 0.200. The van der Waals surface area contributed by atoms with Crippen molar-refractivity contribution < 1.29 is 14.3 Å². The number of benzene rings is 5. The molecule has 1 heterocycles. The monoisotopic (exact) mass is 578 g/mol. The number of hydrogen-bond donors (Lipinski definition) is 1. The van der Waals surface area contributed by atoms with Crippen molar-refractivity contribution in [2.75, 3.05) is 5.32 Å². The Labute approximate surface area is 258 Å². The first-order valence-corrected chi connectivity index (χ1v) is 15.2. The number of anilines is 1. The molecule has 5 heteroatoms. The molecule has 5 aromatic rings. The summed E-state index contributed by atoms with van der Waals surface area (Å²) in [5.74, 6) is 1.37. The van der Waals surface area contributed by atoms with Gasteiger partial charge in [0.15, 0.2) is 0 Å². The Kier molecular flexibility index (Phi) is 7.92. The third-order valence-electron chi connectivity index (χ3n) is 8.48. The number of nitrogens with one attached hydrogen (secondary N) is 1. The number of ether oxygens (including phenoxy) is 2. The molecule has 3 atom stereocenters. The molecule has 1 fully saturated rings. The second kappa shape index (κ2) is 12.6. The summed E-state index contributed by atoms with van der Waals surface area (Å²) >= 11 is 0. The van der Waals surface area contributed by atoms with E-state index in [-0.39, 0.29) is 23.7 Å². The van der Waals surface area contributed by atoms with Crippen LogP contribution in [0.25, 0.3) is 0 Å². The van der Waals surface area contributed by atoms with Crippen LogP contribution in [0.1, 0.15) is 47.1 Å². The molecular formula is C39H34N2O3. The topological polar surface area (TPSA) is 59.9 Å². The van der Waals surface area contributed by atoms with Gasteiger partial charge in [0, 0.05) is 12.1 Å². The zero-order valence-corrected chi connectivity index (χ0v) is 24.4. The molecule has 5 aromatic carbocycles. The smallest absolute Gasteiger partial charge is 0.144 e. The Bertz CT molecular complexity index is 1780. The van der Waals surface area contributed by atoms with Crippen molar-refractivity contribution in [3.63, 3.8) is 0 Å². The fourth-order valence-corrected chi connectivity index (χ4v) is 6.32. The maximum Gasteiger partial charge on any atom is 0.144 e. The van der Waals surface area contributed by atoms with Crippen molar-refractivity contribution in [1.82, 2.24) is 0 Å². The molecule has 0 amide bonds. The molecule has 7 rings (SSSR count). The lowest BCUT2D eigenvalue weighted by Gasteiger charge is -2.34. The zero-order chi connectivity index (χ0) is 29.7. The Morgan fingerprint density at radius 3 is 2.16 bits per heavy atom. The van der Waals surface area contributed by atoms with Crippen LogP contribution >= 0.6 is 0 Å². The summed E-state index contributed by atoms with van der Waals surface area (Å²) in [6.07, 6.45) is 1.10. The molecular weight excluding hydrogens is 544 g/mol. The van der Waals surface area contributed by atoms with E-state index in [1.807, 2.05) is 91.0 Å². The molecule has 218 valence electrons. The molecule has 0 saturated heterocycles. The van der Waals surface area contributed by atoms with Crippen LogP contribution in [0.2, 0.25) is 0 Å². The number of ketones is 1. The zero-order valence-electron chi connectivity index (χ0n) is 24.4. The molecule has 1 N–H and O–H groups in total. The van der Waals surface area contributed by atoms with Gasteiger partial charge in [0.25, 0.3) is 0 Å². The van der Waals surface area contributed by atoms with E-state index in [9.17, 15) is 4.79 Å². The maximum atomic E-state index is 14.2. The van der Waals surface area contributed by atoms with Gasteiger partial charge in [-0.25, -0.2) is 0 Å². The van der Waals surface area contributed by atoms with Gasteiger partial charge < -0.3 is 14.8 Å². The van der Waals surface area contributed by atoms with E-state index in [2.05, 4.69) is 47.8 Å². The average molecular weight is 579 g/mol. The van der Waals surface area contributed by atoms with Crippen molar-refractivity contribution in [1.29, 1.82) is 0 Å². The number of carbonyl (C=O) groups is 1. The molecule has 1 saturated carbocycles. The minimum atomic E-state index is -0.388. The highest BCUT2D eigenvalue weighted by molar-refractivity contribution is 6.11. The van der Waals surface area contributed by atoms with Crippen LogP contribution in [0.5, 0.6) is 11.5 Å². The predicted molar refractivity (Wildman–Crippen MR) is 175 cm³/mol. The molecule has 3 unspecified atom stereocenters. The number of fused-ring (bicyclic) bond motifs is 2. The van der Waals surface area contributed by atoms with Crippen molar-refractivity contribution in [3.05, 3.63) is 156 Å². The second-order valence-electron chi connectivity index (χ2n) is 11.5. The Balaban J connectivity index is 1.18. The van der Waals surface area contributed by atoms with Gasteiger partial charge >= 0.3 is 0 Å². The van der Waals surface area contributed by atoms with Crippen molar-refractivity contribution >= 4 is 22.9 Å². The van der Waals surface area contributed by atoms with E-state index >= 15 is 0 Å². The molecule has 1 aliphatic heterocycles. The number of aliphatic imine (C=N–C) groups is 1. The average Bonchev–Trinajstić information content (AvgIpc) is 3.25.